The van der Waals surface area contributed by atoms with E-state index in [1.807, 2.05) is 0 Å². The Hall–Kier alpha value is -2.02. The molecule has 1 rings (SSSR count). The summed E-state index contributed by atoms with van der Waals surface area (Å²) in [4.78, 5) is 23.1. The lowest BCUT2D eigenvalue weighted by atomic mass is 9.89. The van der Waals surface area contributed by atoms with Gasteiger partial charge in [-0.1, -0.05) is 6.07 Å². The molecule has 0 saturated carbocycles. The lowest BCUT2D eigenvalue weighted by Crippen LogP contribution is -2.39. The Morgan fingerprint density at radius 1 is 1.27 bits per heavy atom. The van der Waals surface area contributed by atoms with Crippen LogP contribution in [0.4, 0.5) is 8.78 Å². The van der Waals surface area contributed by atoms with E-state index in [1.165, 1.54) is 6.07 Å². The second kappa shape index (κ2) is 6.83. The Labute approximate surface area is 127 Å². The van der Waals surface area contributed by atoms with Gasteiger partial charge in [-0.25, -0.2) is 8.78 Å². The van der Waals surface area contributed by atoms with E-state index in [0.717, 1.165) is 12.1 Å². The van der Waals surface area contributed by atoms with E-state index in [0.29, 0.717) is 0 Å². The number of halogens is 2. The zero-order chi connectivity index (χ0) is 17.1. The van der Waals surface area contributed by atoms with Crippen molar-refractivity contribution in [2.24, 2.45) is 5.73 Å². The molecule has 0 spiro atoms. The number of carboxylic acids is 1. The van der Waals surface area contributed by atoms with Gasteiger partial charge in [0, 0.05) is 6.04 Å². The van der Waals surface area contributed by atoms with E-state index in [1.54, 1.807) is 20.8 Å². The van der Waals surface area contributed by atoms with Gasteiger partial charge in [-0.2, -0.15) is 0 Å². The molecule has 0 saturated heterocycles. The van der Waals surface area contributed by atoms with Gasteiger partial charge in [-0.05, 0) is 38.5 Å². The molecule has 0 aliphatic carbocycles. The molecule has 0 aliphatic rings. The van der Waals surface area contributed by atoms with Crippen LogP contribution in [0.1, 0.15) is 38.7 Å². The van der Waals surface area contributed by atoms with Crippen molar-refractivity contribution in [2.45, 2.75) is 44.8 Å². The van der Waals surface area contributed by atoms with E-state index in [4.69, 9.17) is 15.6 Å². The Morgan fingerprint density at radius 3 is 2.32 bits per heavy atom. The lowest BCUT2D eigenvalue weighted by Gasteiger charge is -2.27. The van der Waals surface area contributed by atoms with Crippen LogP contribution in [0.3, 0.4) is 0 Å². The third-order valence-corrected chi connectivity index (χ3v) is 2.80. The number of rotatable bonds is 5. The van der Waals surface area contributed by atoms with Gasteiger partial charge in [0.05, 0.1) is 12.3 Å². The van der Waals surface area contributed by atoms with Crippen LogP contribution in [0.5, 0.6) is 0 Å². The van der Waals surface area contributed by atoms with Gasteiger partial charge in [-0.15, -0.1) is 0 Å². The van der Waals surface area contributed by atoms with Crippen LogP contribution >= 0.6 is 0 Å². The highest BCUT2D eigenvalue weighted by Crippen LogP contribution is 2.26. The van der Waals surface area contributed by atoms with E-state index in [9.17, 15) is 18.4 Å². The van der Waals surface area contributed by atoms with Crippen molar-refractivity contribution >= 4 is 11.9 Å². The van der Waals surface area contributed by atoms with E-state index >= 15 is 0 Å². The minimum Gasteiger partial charge on any atom is -0.481 e. The van der Waals surface area contributed by atoms with Crippen LogP contribution in [0.25, 0.3) is 0 Å². The topological polar surface area (TPSA) is 89.6 Å². The molecule has 0 aromatic heterocycles. The Kier molecular flexibility index (Phi) is 5.59. The molecule has 0 radical (unpaired) electrons. The summed E-state index contributed by atoms with van der Waals surface area (Å²) in [6.07, 6.45) is -0.511. The maximum Gasteiger partial charge on any atom is 0.315 e. The van der Waals surface area contributed by atoms with Gasteiger partial charge in [0.25, 0.3) is 0 Å². The molecule has 1 aromatic rings. The number of esters is 1. The summed E-state index contributed by atoms with van der Waals surface area (Å²) >= 11 is 0. The molecule has 1 aromatic carbocycles. The first-order valence-corrected chi connectivity index (χ1v) is 6.66. The molecule has 22 heavy (non-hydrogen) atoms. The molecule has 122 valence electrons. The number of carbonyl (C=O) groups excluding carboxylic acids is 1. The predicted molar refractivity (Wildman–Crippen MR) is 75.2 cm³/mol. The summed E-state index contributed by atoms with van der Waals surface area (Å²) in [5.41, 5.74) is 5.01. The highest BCUT2D eigenvalue weighted by atomic mass is 19.2. The fourth-order valence-electron chi connectivity index (χ4n) is 1.95. The van der Waals surface area contributed by atoms with Crippen LogP contribution in [0, 0.1) is 11.6 Å². The summed E-state index contributed by atoms with van der Waals surface area (Å²) in [5, 5.41) is 8.83. The normalized spacial score (nSPS) is 14.3. The quantitative estimate of drug-likeness (QED) is 0.813. The van der Waals surface area contributed by atoms with Crippen molar-refractivity contribution in [1.29, 1.82) is 0 Å². The second-order valence-corrected chi connectivity index (χ2v) is 5.95. The first-order valence-electron chi connectivity index (χ1n) is 6.66. The SMILES string of the molecule is CC(C)(C)OC(=O)C(c1ccc(F)c(F)c1)[C@@H](N)CC(=O)O. The Morgan fingerprint density at radius 2 is 1.86 bits per heavy atom. The van der Waals surface area contributed by atoms with Crippen LogP contribution in [0.15, 0.2) is 18.2 Å². The van der Waals surface area contributed by atoms with Gasteiger partial charge >= 0.3 is 11.9 Å². The number of nitrogens with two attached hydrogens (primary N) is 1. The second-order valence-electron chi connectivity index (χ2n) is 5.95. The van der Waals surface area contributed by atoms with Crippen molar-refractivity contribution in [3.8, 4) is 0 Å². The van der Waals surface area contributed by atoms with Crippen LogP contribution in [-0.4, -0.2) is 28.7 Å². The number of benzene rings is 1. The molecule has 1 unspecified atom stereocenters. The minimum atomic E-state index is -1.20. The molecule has 0 fully saturated rings. The third-order valence-electron chi connectivity index (χ3n) is 2.80. The summed E-state index contributed by atoms with van der Waals surface area (Å²) in [6.45, 7) is 4.90. The maximum absolute atomic E-state index is 13.4. The fourth-order valence-corrected chi connectivity index (χ4v) is 1.95. The number of ether oxygens (including phenoxy) is 1. The first kappa shape index (κ1) is 18.0. The number of aliphatic carboxylic acids is 1. The predicted octanol–water partition coefficient (Wildman–Crippen LogP) is 2.19. The number of hydrogen-bond acceptors (Lipinski definition) is 4. The van der Waals surface area contributed by atoms with Crippen molar-refractivity contribution in [2.75, 3.05) is 0 Å². The fraction of sp³-hybridized carbons (Fsp3) is 0.467. The molecule has 2 atom stereocenters. The molecule has 0 bridgehead atoms. The maximum atomic E-state index is 13.4. The molecule has 3 N–H and O–H groups in total. The van der Waals surface area contributed by atoms with Gasteiger partial charge in [0.1, 0.15) is 5.60 Å². The van der Waals surface area contributed by atoms with Gasteiger partial charge in [-0.3, -0.25) is 9.59 Å². The zero-order valence-corrected chi connectivity index (χ0v) is 12.6. The molecule has 0 aliphatic heterocycles. The molecular weight excluding hydrogens is 296 g/mol. The van der Waals surface area contributed by atoms with E-state index in [-0.39, 0.29) is 5.56 Å². The summed E-state index contributed by atoms with van der Waals surface area (Å²) in [5.74, 6) is -5.41. The van der Waals surface area contributed by atoms with Crippen molar-refractivity contribution in [1.82, 2.24) is 0 Å². The monoisotopic (exact) mass is 315 g/mol. The minimum absolute atomic E-state index is 0.0712. The highest BCUT2D eigenvalue weighted by Gasteiger charge is 2.33. The number of carboxylic acid groups (broad SMARTS) is 1. The summed E-state index contributed by atoms with van der Waals surface area (Å²) in [7, 11) is 0. The smallest absolute Gasteiger partial charge is 0.315 e. The van der Waals surface area contributed by atoms with E-state index < -0.39 is 47.6 Å². The average Bonchev–Trinajstić information content (AvgIpc) is 2.30. The summed E-state index contributed by atoms with van der Waals surface area (Å²) in [6, 6.07) is 1.74. The van der Waals surface area contributed by atoms with Crippen molar-refractivity contribution in [3.63, 3.8) is 0 Å². The molecule has 7 heteroatoms. The van der Waals surface area contributed by atoms with E-state index in [2.05, 4.69) is 0 Å². The average molecular weight is 315 g/mol. The van der Waals surface area contributed by atoms with Gasteiger partial charge in [0.15, 0.2) is 11.6 Å². The number of carbonyl (C=O) groups is 2. The Bertz CT molecular complexity index is 569. The molecular formula is C15H19F2NO4. The van der Waals surface area contributed by atoms with Gasteiger partial charge < -0.3 is 15.6 Å². The molecule has 0 heterocycles. The summed E-state index contributed by atoms with van der Waals surface area (Å²) < 4.78 is 31.6. The zero-order valence-electron chi connectivity index (χ0n) is 12.6. The third kappa shape index (κ3) is 5.07. The van der Waals surface area contributed by atoms with Gasteiger partial charge in [0.2, 0.25) is 0 Å². The lowest BCUT2D eigenvalue weighted by molar-refractivity contribution is -0.157. The van der Waals surface area contributed by atoms with Crippen molar-refractivity contribution in [3.05, 3.63) is 35.4 Å². The number of hydrogen-bond donors (Lipinski definition) is 2. The standard InChI is InChI=1S/C15H19F2NO4/c1-15(2,3)22-14(21)13(11(18)7-12(19)20)8-4-5-9(16)10(17)6-8/h4-6,11,13H,7,18H2,1-3H3,(H,19,20)/t11-,13?/m0/s1. The van der Waals surface area contributed by atoms with Crippen LogP contribution in [0.2, 0.25) is 0 Å². The van der Waals surface area contributed by atoms with Crippen LogP contribution in [-0.2, 0) is 14.3 Å². The molecule has 5 nitrogen and oxygen atoms in total. The van der Waals surface area contributed by atoms with Crippen LogP contribution < -0.4 is 5.73 Å². The first-order chi connectivity index (χ1) is 10.0. The van der Waals surface area contributed by atoms with Crippen molar-refractivity contribution < 1.29 is 28.2 Å². The largest absolute Gasteiger partial charge is 0.481 e. The highest BCUT2D eigenvalue weighted by molar-refractivity contribution is 5.81. The molecule has 0 amide bonds. The Balaban J connectivity index is 3.17.